The normalized spacial score (nSPS) is 17.8. The van der Waals surface area contributed by atoms with E-state index in [1.165, 1.54) is 0 Å². The molecule has 0 aromatic heterocycles. The number of carbonyl (C=O) groups excluding carboxylic acids is 1. The van der Waals surface area contributed by atoms with Gasteiger partial charge in [0.1, 0.15) is 5.75 Å². The zero-order valence-electron chi connectivity index (χ0n) is 13.1. The fourth-order valence-electron chi connectivity index (χ4n) is 2.57. The Morgan fingerprint density at radius 1 is 1.50 bits per heavy atom. The Kier molecular flexibility index (Phi) is 8.01. The van der Waals surface area contributed by atoms with E-state index in [1.54, 1.807) is 18.2 Å². The van der Waals surface area contributed by atoms with Crippen LogP contribution in [0, 0.1) is 0 Å². The Balaban J connectivity index is 0.00000242. The minimum Gasteiger partial charge on any atom is -0.493 e. The van der Waals surface area contributed by atoms with E-state index in [0.717, 1.165) is 32.4 Å². The highest BCUT2D eigenvalue weighted by Gasteiger charge is 2.25. The van der Waals surface area contributed by atoms with Gasteiger partial charge in [-0.1, -0.05) is 18.5 Å². The van der Waals surface area contributed by atoms with Crippen molar-refractivity contribution in [1.82, 2.24) is 10.2 Å². The first kappa shape index (κ1) is 19.1. The highest BCUT2D eigenvalue weighted by Crippen LogP contribution is 2.26. The van der Waals surface area contributed by atoms with Gasteiger partial charge in [0, 0.05) is 24.2 Å². The van der Waals surface area contributed by atoms with Crippen molar-refractivity contribution in [3.05, 3.63) is 28.8 Å². The zero-order chi connectivity index (χ0) is 15.2. The molecule has 1 aromatic rings. The largest absolute Gasteiger partial charge is 0.493 e. The van der Waals surface area contributed by atoms with E-state index in [4.69, 9.17) is 16.3 Å². The third kappa shape index (κ3) is 4.77. The molecule has 22 heavy (non-hydrogen) atoms. The molecular weight excluding hydrogens is 323 g/mol. The molecule has 1 fully saturated rings. The first-order valence-corrected chi connectivity index (χ1v) is 7.92. The number of hydrogen-bond donors (Lipinski definition) is 1. The number of likely N-dealkylation sites (N-methyl/N-ethyl adjacent to an activating group) is 1. The molecule has 1 N–H and O–H groups in total. The number of benzene rings is 1. The van der Waals surface area contributed by atoms with E-state index < -0.39 is 0 Å². The molecular formula is C16H24Cl2N2O2. The van der Waals surface area contributed by atoms with E-state index in [0.29, 0.717) is 29.0 Å². The number of likely N-dealkylation sites (tertiary alicyclic amines) is 1. The predicted octanol–water partition coefficient (Wildman–Crippen LogP) is 3.37. The van der Waals surface area contributed by atoms with Gasteiger partial charge in [-0.3, -0.25) is 4.79 Å². The summed E-state index contributed by atoms with van der Waals surface area (Å²) in [5.41, 5.74) is 0.563. The van der Waals surface area contributed by atoms with Crippen LogP contribution < -0.4 is 10.1 Å². The molecule has 1 aromatic carbocycles. The van der Waals surface area contributed by atoms with Crippen LogP contribution in [0.3, 0.4) is 0 Å². The Hall–Kier alpha value is -0.970. The molecule has 6 heteroatoms. The topological polar surface area (TPSA) is 41.6 Å². The van der Waals surface area contributed by atoms with Crippen LogP contribution in [0.4, 0.5) is 0 Å². The van der Waals surface area contributed by atoms with E-state index >= 15 is 0 Å². The number of hydrogen-bond acceptors (Lipinski definition) is 3. The number of carbonyl (C=O) groups is 1. The van der Waals surface area contributed by atoms with Crippen molar-refractivity contribution >= 4 is 29.9 Å². The second-order valence-corrected chi connectivity index (χ2v) is 5.80. The molecule has 1 saturated heterocycles. The molecule has 1 unspecified atom stereocenters. The van der Waals surface area contributed by atoms with Gasteiger partial charge < -0.3 is 15.0 Å². The van der Waals surface area contributed by atoms with E-state index in [9.17, 15) is 4.79 Å². The van der Waals surface area contributed by atoms with Crippen molar-refractivity contribution in [2.75, 3.05) is 26.7 Å². The van der Waals surface area contributed by atoms with Crippen molar-refractivity contribution in [3.8, 4) is 5.75 Å². The first-order chi connectivity index (χ1) is 10.2. The summed E-state index contributed by atoms with van der Waals surface area (Å²) in [5.74, 6) is 0.626. The van der Waals surface area contributed by atoms with Crippen molar-refractivity contribution in [2.24, 2.45) is 0 Å². The number of halogens is 2. The molecule has 2 rings (SSSR count). The number of ether oxygens (including phenoxy) is 1. The second-order valence-electron chi connectivity index (χ2n) is 5.37. The van der Waals surface area contributed by atoms with Crippen LogP contribution in [0.5, 0.6) is 5.75 Å². The van der Waals surface area contributed by atoms with E-state index in [1.807, 2.05) is 18.9 Å². The fraction of sp³-hybridized carbons (Fsp3) is 0.562. The Morgan fingerprint density at radius 2 is 2.27 bits per heavy atom. The molecule has 1 amide bonds. The summed E-state index contributed by atoms with van der Waals surface area (Å²) in [5, 5.41) is 3.81. The van der Waals surface area contributed by atoms with Gasteiger partial charge in [0.2, 0.25) is 0 Å². The molecule has 0 aliphatic carbocycles. The van der Waals surface area contributed by atoms with E-state index in [-0.39, 0.29) is 18.3 Å². The zero-order valence-corrected chi connectivity index (χ0v) is 14.7. The maximum Gasteiger partial charge on any atom is 0.257 e. The number of nitrogens with zero attached hydrogens (tertiary/aromatic N) is 1. The number of nitrogens with one attached hydrogen (secondary N) is 1. The van der Waals surface area contributed by atoms with Gasteiger partial charge in [0.15, 0.2) is 0 Å². The van der Waals surface area contributed by atoms with Crippen molar-refractivity contribution in [1.29, 1.82) is 0 Å². The third-order valence-electron chi connectivity index (χ3n) is 3.75. The summed E-state index contributed by atoms with van der Waals surface area (Å²) in [4.78, 5) is 14.6. The van der Waals surface area contributed by atoms with Gasteiger partial charge in [0.05, 0.1) is 12.2 Å². The van der Waals surface area contributed by atoms with Crippen LogP contribution >= 0.6 is 24.0 Å². The number of piperidine rings is 1. The lowest BCUT2D eigenvalue weighted by molar-refractivity contribution is 0.0694. The van der Waals surface area contributed by atoms with Gasteiger partial charge >= 0.3 is 0 Å². The average Bonchev–Trinajstić information content (AvgIpc) is 2.53. The van der Waals surface area contributed by atoms with Gasteiger partial charge in [-0.2, -0.15) is 0 Å². The second kappa shape index (κ2) is 9.23. The molecule has 124 valence electrons. The molecule has 0 bridgehead atoms. The quantitative estimate of drug-likeness (QED) is 0.888. The Bertz CT molecular complexity index is 497. The SMILES string of the molecule is CCCOc1ccc(Cl)cc1C(=O)N1CCCC(NC)C1.Cl. The van der Waals surface area contributed by atoms with E-state index in [2.05, 4.69) is 5.32 Å². The smallest absolute Gasteiger partial charge is 0.257 e. The summed E-state index contributed by atoms with van der Waals surface area (Å²) in [7, 11) is 1.94. The molecule has 1 atom stereocenters. The van der Waals surface area contributed by atoms with Gasteiger partial charge in [-0.25, -0.2) is 0 Å². The van der Waals surface area contributed by atoms with Gasteiger partial charge in [-0.15, -0.1) is 12.4 Å². The average molecular weight is 347 g/mol. The highest BCUT2D eigenvalue weighted by atomic mass is 35.5. The number of rotatable bonds is 5. The molecule has 1 heterocycles. The molecule has 0 radical (unpaired) electrons. The lowest BCUT2D eigenvalue weighted by Gasteiger charge is -2.33. The first-order valence-electron chi connectivity index (χ1n) is 7.54. The summed E-state index contributed by atoms with van der Waals surface area (Å²) in [6, 6.07) is 5.61. The summed E-state index contributed by atoms with van der Waals surface area (Å²) < 4.78 is 5.68. The lowest BCUT2D eigenvalue weighted by Crippen LogP contribution is -2.47. The molecule has 4 nitrogen and oxygen atoms in total. The summed E-state index contributed by atoms with van der Waals surface area (Å²) in [6.45, 7) is 4.16. The molecule has 0 saturated carbocycles. The minimum absolute atomic E-state index is 0. The van der Waals surface area contributed by atoms with Crippen LogP contribution in [-0.4, -0.2) is 43.6 Å². The van der Waals surface area contributed by atoms with Crippen LogP contribution in [0.25, 0.3) is 0 Å². The lowest BCUT2D eigenvalue weighted by atomic mass is 10.0. The monoisotopic (exact) mass is 346 g/mol. The Morgan fingerprint density at radius 3 is 2.95 bits per heavy atom. The van der Waals surface area contributed by atoms with Crippen LogP contribution in [0.15, 0.2) is 18.2 Å². The van der Waals surface area contributed by atoms with Crippen LogP contribution in [0.2, 0.25) is 5.02 Å². The maximum absolute atomic E-state index is 12.8. The molecule has 1 aliphatic rings. The standard InChI is InChI=1S/C16H23ClN2O2.ClH/c1-3-9-21-15-7-6-12(17)10-14(15)16(20)19-8-4-5-13(11-19)18-2;/h6-7,10,13,18H,3-5,8-9,11H2,1-2H3;1H. The summed E-state index contributed by atoms with van der Waals surface area (Å²) >= 11 is 6.05. The fourth-order valence-corrected chi connectivity index (χ4v) is 2.75. The Labute approximate surface area is 143 Å². The van der Waals surface area contributed by atoms with Crippen LogP contribution in [0.1, 0.15) is 36.5 Å². The van der Waals surface area contributed by atoms with Crippen molar-refractivity contribution in [3.63, 3.8) is 0 Å². The maximum atomic E-state index is 12.8. The summed E-state index contributed by atoms with van der Waals surface area (Å²) in [6.07, 6.45) is 3.03. The minimum atomic E-state index is 0. The van der Waals surface area contributed by atoms with Crippen molar-refractivity contribution < 1.29 is 9.53 Å². The van der Waals surface area contributed by atoms with Crippen LogP contribution in [-0.2, 0) is 0 Å². The van der Waals surface area contributed by atoms with Gasteiger partial charge in [-0.05, 0) is 44.5 Å². The number of amides is 1. The molecule has 0 spiro atoms. The molecule has 1 aliphatic heterocycles. The van der Waals surface area contributed by atoms with Gasteiger partial charge in [0.25, 0.3) is 5.91 Å². The van der Waals surface area contributed by atoms with Crippen molar-refractivity contribution in [2.45, 2.75) is 32.2 Å². The highest BCUT2D eigenvalue weighted by molar-refractivity contribution is 6.31. The predicted molar refractivity (Wildman–Crippen MR) is 92.5 cm³/mol. The third-order valence-corrected chi connectivity index (χ3v) is 3.99.